The highest BCUT2D eigenvalue weighted by Crippen LogP contribution is 1.80. The first-order valence-corrected chi connectivity index (χ1v) is 3.23. The molecule has 0 rings (SSSR count). The summed E-state index contributed by atoms with van der Waals surface area (Å²) in [6.45, 7) is 6.49. The van der Waals surface area contributed by atoms with Crippen LogP contribution in [0.4, 0.5) is 0 Å². The summed E-state index contributed by atoms with van der Waals surface area (Å²) in [7, 11) is 3.56. The molecule has 2 N–H and O–H groups in total. The lowest BCUT2D eigenvalue weighted by Gasteiger charge is -2.06. The van der Waals surface area contributed by atoms with Crippen LogP contribution in [0.5, 0.6) is 0 Å². The second-order valence-corrected chi connectivity index (χ2v) is 2.13. The highest BCUT2D eigenvalue weighted by atomic mass is 15.1. The molecule has 0 aliphatic heterocycles. The van der Waals surface area contributed by atoms with E-state index in [4.69, 9.17) is 0 Å². The maximum atomic E-state index is 3.93. The highest BCUT2D eigenvalue weighted by molar-refractivity contribution is 5.79. The molecule has 0 unspecified atom stereocenters. The number of aliphatic imine (C=N–C) groups is 1. The Kier molecular flexibility index (Phi) is 4.37. The van der Waals surface area contributed by atoms with Crippen LogP contribution in [-0.4, -0.2) is 26.6 Å². The average molecular weight is 141 g/mol. The molecule has 0 heterocycles. The van der Waals surface area contributed by atoms with Gasteiger partial charge in [-0.05, 0) is 6.92 Å². The predicted octanol–water partition coefficient (Wildman–Crippen LogP) is 0.357. The number of nitrogens with zero attached hydrogens (tertiary/aromatic N) is 1. The number of guanidine groups is 1. The van der Waals surface area contributed by atoms with Gasteiger partial charge in [-0.1, -0.05) is 12.2 Å². The van der Waals surface area contributed by atoms with E-state index in [1.54, 1.807) is 7.05 Å². The van der Waals surface area contributed by atoms with Crippen LogP contribution >= 0.6 is 0 Å². The van der Waals surface area contributed by atoms with Gasteiger partial charge in [-0.3, -0.25) is 4.99 Å². The summed E-state index contributed by atoms with van der Waals surface area (Å²) >= 11 is 0. The van der Waals surface area contributed by atoms with Gasteiger partial charge in [0.25, 0.3) is 0 Å². The van der Waals surface area contributed by atoms with Crippen molar-refractivity contribution in [3.05, 3.63) is 12.2 Å². The standard InChI is InChI=1S/C7H15N3/c1-6(2)5-10-7(8-3)9-4/h1,5H2,2-4H3,(H2,8,9,10). The van der Waals surface area contributed by atoms with Crippen LogP contribution in [0.15, 0.2) is 17.1 Å². The van der Waals surface area contributed by atoms with Crippen LogP contribution in [0.1, 0.15) is 6.92 Å². The van der Waals surface area contributed by atoms with Gasteiger partial charge in [-0.15, -0.1) is 0 Å². The molecule has 0 aromatic carbocycles. The lowest BCUT2D eigenvalue weighted by molar-refractivity contribution is 0.921. The largest absolute Gasteiger partial charge is 0.359 e. The summed E-state index contributed by atoms with van der Waals surface area (Å²) in [5.74, 6) is 0.794. The third-order valence-electron chi connectivity index (χ3n) is 1.02. The third kappa shape index (κ3) is 3.95. The minimum Gasteiger partial charge on any atom is -0.359 e. The van der Waals surface area contributed by atoms with Gasteiger partial charge in [0.05, 0.1) is 0 Å². The Morgan fingerprint density at radius 1 is 1.60 bits per heavy atom. The summed E-state index contributed by atoms with van der Waals surface area (Å²) in [5.41, 5.74) is 1.09. The smallest absolute Gasteiger partial charge is 0.190 e. The Balaban J connectivity index is 3.56. The Labute approximate surface area is 62.2 Å². The molecule has 0 radical (unpaired) electrons. The lowest BCUT2D eigenvalue weighted by atomic mass is 10.3. The first kappa shape index (κ1) is 9.01. The molecule has 0 aliphatic rings. The van der Waals surface area contributed by atoms with E-state index in [-0.39, 0.29) is 0 Å². The molecule has 0 aliphatic carbocycles. The second kappa shape index (κ2) is 4.85. The molecular formula is C7H15N3. The van der Waals surface area contributed by atoms with Crippen LogP contribution in [0.3, 0.4) is 0 Å². The molecular weight excluding hydrogens is 126 g/mol. The minimum absolute atomic E-state index is 0.771. The van der Waals surface area contributed by atoms with Crippen molar-refractivity contribution in [3.63, 3.8) is 0 Å². The number of nitrogens with one attached hydrogen (secondary N) is 2. The molecule has 0 saturated heterocycles. The maximum absolute atomic E-state index is 3.93. The fraction of sp³-hybridized carbons (Fsp3) is 0.571. The monoisotopic (exact) mass is 141 g/mol. The zero-order chi connectivity index (χ0) is 7.98. The van der Waals surface area contributed by atoms with Crippen LogP contribution in [0, 0.1) is 0 Å². The van der Waals surface area contributed by atoms with Crippen LogP contribution < -0.4 is 10.6 Å². The van der Waals surface area contributed by atoms with Crippen LogP contribution in [0.2, 0.25) is 0 Å². The Bertz CT molecular complexity index is 138. The van der Waals surface area contributed by atoms with Gasteiger partial charge in [0.15, 0.2) is 5.96 Å². The zero-order valence-electron chi connectivity index (χ0n) is 6.86. The molecule has 3 nitrogen and oxygen atoms in total. The van der Waals surface area contributed by atoms with Gasteiger partial charge in [0, 0.05) is 20.6 Å². The Hall–Kier alpha value is -0.990. The van der Waals surface area contributed by atoms with Gasteiger partial charge in [0.1, 0.15) is 0 Å². The molecule has 0 bridgehead atoms. The van der Waals surface area contributed by atoms with Crippen molar-refractivity contribution in [3.8, 4) is 0 Å². The summed E-state index contributed by atoms with van der Waals surface area (Å²) < 4.78 is 0. The van der Waals surface area contributed by atoms with Crippen molar-refractivity contribution in [2.24, 2.45) is 4.99 Å². The number of rotatable bonds is 2. The maximum Gasteiger partial charge on any atom is 0.190 e. The van der Waals surface area contributed by atoms with E-state index in [0.717, 1.165) is 18.1 Å². The lowest BCUT2D eigenvalue weighted by Crippen LogP contribution is -2.35. The molecule has 0 spiro atoms. The molecule has 0 aromatic rings. The van der Waals surface area contributed by atoms with Gasteiger partial charge in [-0.2, -0.15) is 0 Å². The SMILES string of the molecule is C=C(C)CNC(=NC)NC. The van der Waals surface area contributed by atoms with Crippen LogP contribution in [0.25, 0.3) is 0 Å². The summed E-state index contributed by atoms with van der Waals surface area (Å²) in [6.07, 6.45) is 0. The minimum atomic E-state index is 0.771. The fourth-order valence-electron chi connectivity index (χ4n) is 0.514. The average Bonchev–Trinajstić information content (AvgIpc) is 1.90. The zero-order valence-corrected chi connectivity index (χ0v) is 6.86. The molecule has 0 fully saturated rings. The molecule has 0 amide bonds. The van der Waals surface area contributed by atoms with E-state index in [9.17, 15) is 0 Å². The molecule has 3 heteroatoms. The first-order valence-electron chi connectivity index (χ1n) is 3.23. The van der Waals surface area contributed by atoms with Crippen molar-refractivity contribution in [1.29, 1.82) is 0 Å². The van der Waals surface area contributed by atoms with Crippen molar-refractivity contribution in [1.82, 2.24) is 10.6 Å². The van der Waals surface area contributed by atoms with E-state index in [1.165, 1.54) is 0 Å². The van der Waals surface area contributed by atoms with Gasteiger partial charge >= 0.3 is 0 Å². The topological polar surface area (TPSA) is 36.4 Å². The van der Waals surface area contributed by atoms with Crippen LogP contribution in [-0.2, 0) is 0 Å². The van der Waals surface area contributed by atoms with Gasteiger partial charge in [0.2, 0.25) is 0 Å². The number of hydrogen-bond donors (Lipinski definition) is 2. The quantitative estimate of drug-likeness (QED) is 0.331. The summed E-state index contributed by atoms with van der Waals surface area (Å²) in [5, 5.41) is 5.96. The van der Waals surface area contributed by atoms with Crippen molar-refractivity contribution >= 4 is 5.96 Å². The Morgan fingerprint density at radius 3 is 2.50 bits per heavy atom. The molecule has 0 aromatic heterocycles. The normalized spacial score (nSPS) is 10.9. The molecule has 10 heavy (non-hydrogen) atoms. The summed E-state index contributed by atoms with van der Waals surface area (Å²) in [6, 6.07) is 0. The molecule has 58 valence electrons. The van der Waals surface area contributed by atoms with E-state index >= 15 is 0 Å². The predicted molar refractivity (Wildman–Crippen MR) is 45.2 cm³/mol. The van der Waals surface area contributed by atoms with E-state index < -0.39 is 0 Å². The van der Waals surface area contributed by atoms with E-state index in [2.05, 4.69) is 22.2 Å². The van der Waals surface area contributed by atoms with Crippen molar-refractivity contribution in [2.75, 3.05) is 20.6 Å². The summed E-state index contributed by atoms with van der Waals surface area (Å²) in [4.78, 5) is 3.93. The third-order valence-corrected chi connectivity index (χ3v) is 1.02. The highest BCUT2D eigenvalue weighted by Gasteiger charge is 1.89. The second-order valence-electron chi connectivity index (χ2n) is 2.13. The van der Waals surface area contributed by atoms with E-state index in [0.29, 0.717) is 0 Å². The number of hydrogen-bond acceptors (Lipinski definition) is 1. The molecule has 0 atom stereocenters. The Morgan fingerprint density at radius 2 is 2.20 bits per heavy atom. The van der Waals surface area contributed by atoms with E-state index in [1.807, 2.05) is 14.0 Å². The first-order chi connectivity index (χ1) is 4.70. The van der Waals surface area contributed by atoms with Gasteiger partial charge in [-0.25, -0.2) is 0 Å². The molecule has 0 saturated carbocycles. The van der Waals surface area contributed by atoms with Crippen molar-refractivity contribution in [2.45, 2.75) is 6.92 Å². The van der Waals surface area contributed by atoms with Gasteiger partial charge < -0.3 is 10.6 Å². The van der Waals surface area contributed by atoms with Crippen molar-refractivity contribution < 1.29 is 0 Å². The fourth-order valence-corrected chi connectivity index (χ4v) is 0.514.